The molecule has 0 saturated heterocycles. The highest BCUT2D eigenvalue weighted by Crippen LogP contribution is 2.19. The molecule has 0 unspecified atom stereocenters. The normalized spacial score (nSPS) is 9.73. The number of nitrogens with one attached hydrogen (secondary N) is 1. The summed E-state index contributed by atoms with van der Waals surface area (Å²) in [5, 5.41) is 7.38. The minimum Gasteiger partial charge on any atom is -0.305 e. The average Bonchev–Trinajstić information content (AvgIpc) is 1.85. The summed E-state index contributed by atoms with van der Waals surface area (Å²) in [4.78, 5) is 0.840. The van der Waals surface area contributed by atoms with Crippen molar-refractivity contribution >= 4 is 34.3 Å². The Morgan fingerprint density at radius 2 is 2.18 bits per heavy atom. The van der Waals surface area contributed by atoms with Gasteiger partial charge in [-0.1, -0.05) is 22.0 Å². The van der Waals surface area contributed by atoms with Gasteiger partial charge in [-0.2, -0.15) is 0 Å². The van der Waals surface area contributed by atoms with Crippen molar-refractivity contribution in [1.29, 1.82) is 5.41 Å². The zero-order chi connectivity index (χ0) is 8.43. The number of benzene rings is 1. The van der Waals surface area contributed by atoms with Crippen LogP contribution in [-0.4, -0.2) is 5.71 Å². The second-order valence-corrected chi connectivity index (χ2v) is 3.68. The molecule has 0 aliphatic rings. The van der Waals surface area contributed by atoms with Crippen LogP contribution in [0.3, 0.4) is 0 Å². The van der Waals surface area contributed by atoms with Gasteiger partial charge in [0.05, 0.1) is 0 Å². The maximum atomic E-state index is 7.38. The van der Waals surface area contributed by atoms with Crippen molar-refractivity contribution in [2.24, 2.45) is 0 Å². The van der Waals surface area contributed by atoms with Gasteiger partial charge in [-0.25, -0.2) is 0 Å². The molecule has 1 nitrogen and oxygen atoms in total. The van der Waals surface area contributed by atoms with Gasteiger partial charge < -0.3 is 5.41 Å². The van der Waals surface area contributed by atoms with Crippen LogP contribution in [0.15, 0.2) is 27.6 Å². The summed E-state index contributed by atoms with van der Waals surface area (Å²) in [7, 11) is 0. The Hall–Kier alpha value is -0.280. The molecule has 1 rings (SSSR count). The van der Waals surface area contributed by atoms with Gasteiger partial charge in [-0.3, -0.25) is 0 Å². The third-order valence-electron chi connectivity index (χ3n) is 1.36. The van der Waals surface area contributed by atoms with Gasteiger partial charge in [0.1, 0.15) is 0 Å². The first-order valence-corrected chi connectivity index (χ1v) is 4.39. The Labute approximate surface area is 79.9 Å². The second-order valence-electron chi connectivity index (χ2n) is 2.29. The maximum Gasteiger partial charge on any atom is 0.0366 e. The minimum atomic E-state index is 0.544. The van der Waals surface area contributed by atoms with Crippen LogP contribution in [0.25, 0.3) is 0 Å². The van der Waals surface area contributed by atoms with Crippen molar-refractivity contribution < 1.29 is 0 Å². The molecule has 0 aliphatic heterocycles. The molecule has 1 aromatic rings. The first-order valence-electron chi connectivity index (χ1n) is 3.15. The number of hydrogen-bond donors (Lipinski definition) is 2. The Kier molecular flexibility index (Phi) is 2.73. The number of thiol groups is 1. The van der Waals surface area contributed by atoms with Crippen LogP contribution in [0.4, 0.5) is 0 Å². The summed E-state index contributed by atoms with van der Waals surface area (Å²) in [6.45, 7) is 1.75. The molecule has 3 heteroatoms. The van der Waals surface area contributed by atoms with Gasteiger partial charge >= 0.3 is 0 Å². The quantitative estimate of drug-likeness (QED) is 0.547. The molecular weight excluding hydrogens is 222 g/mol. The summed E-state index contributed by atoms with van der Waals surface area (Å²) in [6.07, 6.45) is 0. The lowest BCUT2D eigenvalue weighted by Gasteiger charge is -2.01. The molecule has 0 spiro atoms. The molecule has 0 amide bonds. The zero-order valence-corrected chi connectivity index (χ0v) is 8.54. The summed E-state index contributed by atoms with van der Waals surface area (Å²) in [5.41, 5.74) is 1.43. The first-order chi connectivity index (χ1) is 5.11. The van der Waals surface area contributed by atoms with Crippen LogP contribution in [0.5, 0.6) is 0 Å². The Balaban J connectivity index is 3.20. The Bertz CT molecular complexity index is 296. The van der Waals surface area contributed by atoms with Gasteiger partial charge in [-0.05, 0) is 19.1 Å². The molecule has 58 valence electrons. The Morgan fingerprint density at radius 1 is 1.55 bits per heavy atom. The van der Waals surface area contributed by atoms with Crippen molar-refractivity contribution in [2.75, 3.05) is 0 Å². The number of rotatable bonds is 1. The molecule has 11 heavy (non-hydrogen) atoms. The lowest BCUT2D eigenvalue weighted by atomic mass is 10.1. The smallest absolute Gasteiger partial charge is 0.0366 e. The monoisotopic (exact) mass is 229 g/mol. The second kappa shape index (κ2) is 3.41. The van der Waals surface area contributed by atoms with E-state index in [4.69, 9.17) is 5.41 Å². The van der Waals surface area contributed by atoms with E-state index in [-0.39, 0.29) is 0 Å². The molecule has 1 aromatic carbocycles. The largest absolute Gasteiger partial charge is 0.305 e. The standard InChI is InChI=1S/C8H8BrNS/c1-5(10)7-3-2-6(9)4-8(7)11/h2-4,10-11H,1H3. The molecule has 0 heterocycles. The molecule has 0 aromatic heterocycles. The van der Waals surface area contributed by atoms with Crippen LogP contribution >= 0.6 is 28.6 Å². The van der Waals surface area contributed by atoms with E-state index in [1.165, 1.54) is 0 Å². The van der Waals surface area contributed by atoms with Gasteiger partial charge in [0, 0.05) is 20.6 Å². The third kappa shape index (κ3) is 2.07. The van der Waals surface area contributed by atoms with Crippen LogP contribution in [0.2, 0.25) is 0 Å². The van der Waals surface area contributed by atoms with E-state index in [9.17, 15) is 0 Å². The van der Waals surface area contributed by atoms with E-state index in [2.05, 4.69) is 28.6 Å². The summed E-state index contributed by atoms with van der Waals surface area (Å²) < 4.78 is 0.993. The lowest BCUT2D eigenvalue weighted by molar-refractivity contribution is 1.36. The highest BCUT2D eigenvalue weighted by Gasteiger charge is 2.00. The minimum absolute atomic E-state index is 0.544. The summed E-state index contributed by atoms with van der Waals surface area (Å²) in [6, 6.07) is 5.68. The fourth-order valence-electron chi connectivity index (χ4n) is 0.822. The zero-order valence-electron chi connectivity index (χ0n) is 6.06. The Morgan fingerprint density at radius 3 is 2.64 bits per heavy atom. The molecule has 0 atom stereocenters. The third-order valence-corrected chi connectivity index (χ3v) is 2.23. The molecule has 0 aliphatic carbocycles. The van der Waals surface area contributed by atoms with Crippen molar-refractivity contribution in [3.63, 3.8) is 0 Å². The highest BCUT2D eigenvalue weighted by molar-refractivity contribution is 9.10. The topological polar surface area (TPSA) is 23.9 Å². The summed E-state index contributed by atoms with van der Waals surface area (Å²) >= 11 is 7.56. The average molecular weight is 230 g/mol. The molecule has 0 bridgehead atoms. The van der Waals surface area contributed by atoms with Crippen LogP contribution in [-0.2, 0) is 0 Å². The van der Waals surface area contributed by atoms with E-state index < -0.39 is 0 Å². The lowest BCUT2D eigenvalue weighted by Crippen LogP contribution is -1.92. The van der Waals surface area contributed by atoms with E-state index >= 15 is 0 Å². The molecule has 0 radical (unpaired) electrons. The van der Waals surface area contributed by atoms with Crippen LogP contribution < -0.4 is 0 Å². The molecule has 0 saturated carbocycles. The van der Waals surface area contributed by atoms with Gasteiger partial charge in [-0.15, -0.1) is 12.6 Å². The summed E-state index contributed by atoms with van der Waals surface area (Å²) in [5.74, 6) is 0. The fraction of sp³-hybridized carbons (Fsp3) is 0.125. The van der Waals surface area contributed by atoms with E-state index in [1.807, 2.05) is 18.2 Å². The SMILES string of the molecule is CC(=N)c1ccc(Br)cc1S. The van der Waals surface area contributed by atoms with Crippen LogP contribution in [0, 0.1) is 5.41 Å². The number of hydrogen-bond acceptors (Lipinski definition) is 2. The van der Waals surface area contributed by atoms with Gasteiger partial charge in [0.2, 0.25) is 0 Å². The van der Waals surface area contributed by atoms with Crippen molar-refractivity contribution in [3.05, 3.63) is 28.2 Å². The predicted octanol–water partition coefficient (Wildman–Crippen LogP) is 3.13. The number of halogens is 1. The van der Waals surface area contributed by atoms with E-state index in [0.717, 1.165) is 14.9 Å². The van der Waals surface area contributed by atoms with Crippen molar-refractivity contribution in [1.82, 2.24) is 0 Å². The van der Waals surface area contributed by atoms with Crippen molar-refractivity contribution in [2.45, 2.75) is 11.8 Å². The molecule has 1 N–H and O–H groups in total. The van der Waals surface area contributed by atoms with Crippen LogP contribution in [0.1, 0.15) is 12.5 Å². The maximum absolute atomic E-state index is 7.38. The first kappa shape index (κ1) is 8.81. The van der Waals surface area contributed by atoms with E-state index in [0.29, 0.717) is 5.71 Å². The molecular formula is C8H8BrNS. The van der Waals surface area contributed by atoms with Crippen molar-refractivity contribution in [3.8, 4) is 0 Å². The predicted molar refractivity (Wildman–Crippen MR) is 53.9 cm³/mol. The van der Waals surface area contributed by atoms with E-state index in [1.54, 1.807) is 6.92 Å². The van der Waals surface area contributed by atoms with Gasteiger partial charge in [0.15, 0.2) is 0 Å². The molecule has 0 fully saturated rings. The fourth-order valence-corrected chi connectivity index (χ4v) is 1.74. The van der Waals surface area contributed by atoms with Gasteiger partial charge in [0.25, 0.3) is 0 Å². The highest BCUT2D eigenvalue weighted by atomic mass is 79.9.